The molecule has 0 aromatic heterocycles. The number of carbonyl (C=O) groups is 1. The van der Waals surface area contributed by atoms with Crippen LogP contribution in [0.25, 0.3) is 0 Å². The van der Waals surface area contributed by atoms with E-state index in [1.807, 2.05) is 25.1 Å². The Morgan fingerprint density at radius 3 is 2.21 bits per heavy atom. The van der Waals surface area contributed by atoms with Gasteiger partial charge in [-0.15, -0.1) is 0 Å². The second kappa shape index (κ2) is 8.86. The van der Waals surface area contributed by atoms with Gasteiger partial charge in [0.05, 0.1) is 12.0 Å². The molecule has 0 saturated heterocycles. The van der Waals surface area contributed by atoms with E-state index in [0.29, 0.717) is 5.56 Å². The number of amides is 1. The summed E-state index contributed by atoms with van der Waals surface area (Å²) >= 11 is 0. The molecule has 1 unspecified atom stereocenters. The van der Waals surface area contributed by atoms with Gasteiger partial charge in [-0.05, 0) is 48.6 Å². The van der Waals surface area contributed by atoms with Crippen LogP contribution in [0.2, 0.25) is 0 Å². The molecule has 2 aromatic carbocycles. The summed E-state index contributed by atoms with van der Waals surface area (Å²) < 4.78 is 25.2. The highest BCUT2D eigenvalue weighted by molar-refractivity contribution is 7.89. The monoisotopic (exact) mass is 404 g/mol. The molecule has 6 nitrogen and oxygen atoms in total. The minimum atomic E-state index is -3.73. The summed E-state index contributed by atoms with van der Waals surface area (Å²) in [7, 11) is -1.14. The quantitative estimate of drug-likeness (QED) is 0.685. The first-order valence-corrected chi connectivity index (χ1v) is 10.5. The molecular formula is C21H28N2O4S. The van der Waals surface area contributed by atoms with Gasteiger partial charge in [0.25, 0.3) is 15.9 Å². The molecule has 28 heavy (non-hydrogen) atoms. The van der Waals surface area contributed by atoms with E-state index in [1.54, 1.807) is 0 Å². The third-order valence-electron chi connectivity index (χ3n) is 4.76. The standard InChI is InChI=1S/C21H28N2O4S/c1-16(15-21(2,3)18-9-7-6-8-10-18)22-20(24)17-11-13-19(14-12-17)28(25,26)23(4)27-5/h6-14,16H,15H2,1-5H3,(H,22,24). The van der Waals surface area contributed by atoms with E-state index < -0.39 is 10.0 Å². The summed E-state index contributed by atoms with van der Waals surface area (Å²) in [5, 5.41) is 2.99. The topological polar surface area (TPSA) is 75.7 Å². The van der Waals surface area contributed by atoms with Gasteiger partial charge in [-0.2, -0.15) is 0 Å². The first-order chi connectivity index (χ1) is 13.1. The fraction of sp³-hybridized carbons (Fsp3) is 0.381. The largest absolute Gasteiger partial charge is 0.350 e. The molecule has 2 aromatic rings. The number of hydrogen-bond acceptors (Lipinski definition) is 4. The van der Waals surface area contributed by atoms with E-state index in [2.05, 4.69) is 31.3 Å². The number of rotatable bonds is 8. The molecule has 0 saturated carbocycles. The summed E-state index contributed by atoms with van der Waals surface area (Å²) in [5.41, 5.74) is 1.53. The minimum absolute atomic E-state index is 0.0502. The molecule has 0 bridgehead atoms. The molecule has 0 aliphatic heterocycles. The lowest BCUT2D eigenvalue weighted by Gasteiger charge is -2.29. The van der Waals surface area contributed by atoms with E-state index in [0.717, 1.165) is 10.9 Å². The Labute approximate surface area is 167 Å². The van der Waals surface area contributed by atoms with E-state index >= 15 is 0 Å². The van der Waals surface area contributed by atoms with Crippen LogP contribution in [0, 0.1) is 0 Å². The van der Waals surface area contributed by atoms with Crippen LogP contribution in [0.1, 0.15) is 43.1 Å². The highest BCUT2D eigenvalue weighted by atomic mass is 32.2. The SMILES string of the molecule is CON(C)S(=O)(=O)c1ccc(C(=O)NC(C)CC(C)(C)c2ccccc2)cc1. The van der Waals surface area contributed by atoms with Crippen molar-refractivity contribution in [3.8, 4) is 0 Å². The Morgan fingerprint density at radius 2 is 1.68 bits per heavy atom. The van der Waals surface area contributed by atoms with Crippen molar-refractivity contribution in [1.29, 1.82) is 0 Å². The second-order valence-corrected chi connectivity index (χ2v) is 9.39. The smallest absolute Gasteiger partial charge is 0.264 e. The fourth-order valence-corrected chi connectivity index (χ4v) is 4.13. The van der Waals surface area contributed by atoms with Crippen molar-refractivity contribution >= 4 is 15.9 Å². The maximum Gasteiger partial charge on any atom is 0.264 e. The molecule has 0 heterocycles. The molecule has 0 radical (unpaired) electrons. The van der Waals surface area contributed by atoms with Crippen LogP contribution in [-0.2, 0) is 20.3 Å². The summed E-state index contributed by atoms with van der Waals surface area (Å²) in [4.78, 5) is 17.3. The molecular weight excluding hydrogens is 376 g/mol. The Hall–Kier alpha value is -2.22. The van der Waals surface area contributed by atoms with E-state index in [9.17, 15) is 13.2 Å². The predicted octanol–water partition coefficient (Wildman–Crippen LogP) is 3.35. The van der Waals surface area contributed by atoms with Crippen LogP contribution in [-0.4, -0.2) is 39.0 Å². The van der Waals surface area contributed by atoms with Crippen molar-refractivity contribution < 1.29 is 18.0 Å². The van der Waals surface area contributed by atoms with Gasteiger partial charge < -0.3 is 5.32 Å². The normalized spacial score (nSPS) is 13.4. The van der Waals surface area contributed by atoms with E-state index in [4.69, 9.17) is 4.84 Å². The fourth-order valence-electron chi connectivity index (χ4n) is 3.16. The van der Waals surface area contributed by atoms with Gasteiger partial charge in [0, 0.05) is 18.7 Å². The number of hydroxylamine groups is 1. The zero-order valence-electron chi connectivity index (χ0n) is 17.0. The molecule has 0 aliphatic rings. The summed E-state index contributed by atoms with van der Waals surface area (Å²) in [6, 6.07) is 15.9. The summed E-state index contributed by atoms with van der Waals surface area (Å²) in [6.07, 6.45) is 0.772. The third-order valence-corrected chi connectivity index (χ3v) is 6.45. The molecule has 0 fully saturated rings. The Morgan fingerprint density at radius 1 is 1.11 bits per heavy atom. The summed E-state index contributed by atoms with van der Waals surface area (Å²) in [6.45, 7) is 6.27. The Bertz CT molecular complexity index is 894. The average molecular weight is 405 g/mol. The van der Waals surface area contributed by atoms with Crippen LogP contribution in [0.3, 0.4) is 0 Å². The third kappa shape index (κ3) is 5.19. The highest BCUT2D eigenvalue weighted by Crippen LogP contribution is 2.28. The lowest BCUT2D eigenvalue weighted by molar-refractivity contribution is -0.0258. The number of nitrogens with one attached hydrogen (secondary N) is 1. The van der Waals surface area contributed by atoms with Crippen molar-refractivity contribution in [2.45, 2.75) is 43.5 Å². The number of nitrogens with zero attached hydrogens (tertiary/aromatic N) is 1. The average Bonchev–Trinajstić information content (AvgIpc) is 2.67. The van der Waals surface area contributed by atoms with E-state index in [1.165, 1.54) is 44.0 Å². The van der Waals surface area contributed by atoms with E-state index in [-0.39, 0.29) is 22.3 Å². The maximum atomic E-state index is 12.5. The highest BCUT2D eigenvalue weighted by Gasteiger charge is 2.25. The maximum absolute atomic E-state index is 12.5. The van der Waals surface area contributed by atoms with Gasteiger partial charge in [0.1, 0.15) is 0 Å². The zero-order chi connectivity index (χ0) is 20.9. The lowest BCUT2D eigenvalue weighted by Crippen LogP contribution is -2.37. The van der Waals surface area contributed by atoms with Crippen molar-refractivity contribution in [3.05, 3.63) is 65.7 Å². The van der Waals surface area contributed by atoms with Crippen molar-refractivity contribution in [3.63, 3.8) is 0 Å². The lowest BCUT2D eigenvalue weighted by atomic mass is 9.79. The Kier molecular flexibility index (Phi) is 6.98. The number of benzene rings is 2. The van der Waals surface area contributed by atoms with Crippen LogP contribution < -0.4 is 5.32 Å². The molecule has 2 rings (SSSR count). The molecule has 1 N–H and O–H groups in total. The van der Waals surface area contributed by atoms with Gasteiger partial charge in [-0.3, -0.25) is 9.63 Å². The van der Waals surface area contributed by atoms with Gasteiger partial charge in [0.15, 0.2) is 0 Å². The van der Waals surface area contributed by atoms with Crippen LogP contribution in [0.15, 0.2) is 59.5 Å². The Balaban J connectivity index is 2.04. The van der Waals surface area contributed by atoms with Gasteiger partial charge in [-0.1, -0.05) is 48.6 Å². The molecule has 0 spiro atoms. The molecule has 0 aliphatic carbocycles. The van der Waals surface area contributed by atoms with Crippen LogP contribution in [0.5, 0.6) is 0 Å². The summed E-state index contributed by atoms with van der Waals surface area (Å²) in [5.74, 6) is -0.236. The van der Waals surface area contributed by atoms with Gasteiger partial charge >= 0.3 is 0 Å². The number of hydrogen-bond donors (Lipinski definition) is 1. The number of sulfonamides is 1. The molecule has 7 heteroatoms. The van der Waals surface area contributed by atoms with Crippen molar-refractivity contribution in [2.24, 2.45) is 0 Å². The zero-order valence-corrected chi connectivity index (χ0v) is 17.8. The predicted molar refractivity (Wildman–Crippen MR) is 109 cm³/mol. The van der Waals surface area contributed by atoms with Crippen LogP contribution in [0.4, 0.5) is 0 Å². The number of carbonyl (C=O) groups excluding carboxylic acids is 1. The molecule has 152 valence electrons. The first-order valence-electron chi connectivity index (χ1n) is 9.07. The van der Waals surface area contributed by atoms with Crippen molar-refractivity contribution in [2.75, 3.05) is 14.2 Å². The van der Waals surface area contributed by atoms with Crippen molar-refractivity contribution in [1.82, 2.24) is 9.79 Å². The molecule has 1 amide bonds. The van der Waals surface area contributed by atoms with Gasteiger partial charge in [0.2, 0.25) is 0 Å². The van der Waals surface area contributed by atoms with Gasteiger partial charge in [-0.25, -0.2) is 8.42 Å². The van der Waals surface area contributed by atoms with Crippen LogP contribution >= 0.6 is 0 Å². The first kappa shape index (κ1) is 22.1. The molecule has 1 atom stereocenters. The second-order valence-electron chi connectivity index (χ2n) is 7.45. The minimum Gasteiger partial charge on any atom is -0.350 e.